The number of amides is 2. The second-order valence-electron chi connectivity index (χ2n) is 14.2. The number of piperidine rings is 1. The van der Waals surface area contributed by atoms with Gasteiger partial charge in [-0.2, -0.15) is 4.98 Å². The number of carbonyl (C=O) groups is 2. The number of sulfonamides is 1. The van der Waals surface area contributed by atoms with Crippen LogP contribution in [0.3, 0.4) is 0 Å². The van der Waals surface area contributed by atoms with E-state index in [-0.39, 0.29) is 52.3 Å². The zero-order valence-electron chi connectivity index (χ0n) is 27.9. The standard InChI is InChI=1S/C35H43N5O6S/c1-22-9-7-10-23(2)30(22)28-18-29-37-32(36-28)38-47(43,44)27-12-8-11-25(17-27)31(41)40(21-24(3)45-29)26-19-35(20-26)13-15-39(16-14-35)33(42)46-34(4,5)6/h7-12,17-18,24,26H,13-16,19-21H2,1-6H3,(H,36,37,38)/t24-/m1/s1. The third-order valence-electron chi connectivity index (χ3n) is 9.35. The Labute approximate surface area is 276 Å². The second-order valence-corrected chi connectivity index (χ2v) is 15.9. The Morgan fingerprint density at radius 1 is 1.02 bits per heavy atom. The van der Waals surface area contributed by atoms with E-state index in [9.17, 15) is 18.0 Å². The van der Waals surface area contributed by atoms with Gasteiger partial charge in [0.15, 0.2) is 0 Å². The van der Waals surface area contributed by atoms with Crippen molar-refractivity contribution in [1.29, 1.82) is 0 Å². The Morgan fingerprint density at radius 2 is 1.68 bits per heavy atom. The highest BCUT2D eigenvalue weighted by Gasteiger charge is 2.50. The monoisotopic (exact) mass is 661 g/mol. The minimum Gasteiger partial charge on any atom is -0.473 e. The number of fused-ring (bicyclic) bond motifs is 4. The number of likely N-dealkylation sites (tertiary alicyclic amines) is 1. The molecular weight excluding hydrogens is 618 g/mol. The predicted octanol–water partition coefficient (Wildman–Crippen LogP) is 5.96. The molecule has 0 unspecified atom stereocenters. The summed E-state index contributed by atoms with van der Waals surface area (Å²) in [6.07, 6.45) is 2.51. The number of ether oxygens (including phenoxy) is 2. The minimum absolute atomic E-state index is 0.0334. The maximum absolute atomic E-state index is 14.1. The lowest BCUT2D eigenvalue weighted by Crippen LogP contribution is -2.58. The Hall–Kier alpha value is -4.19. The summed E-state index contributed by atoms with van der Waals surface area (Å²) in [5, 5.41) is 0. The van der Waals surface area contributed by atoms with Crippen LogP contribution in [0.25, 0.3) is 11.3 Å². The van der Waals surface area contributed by atoms with Crippen LogP contribution in [0.15, 0.2) is 53.4 Å². The number of nitrogens with zero attached hydrogens (tertiary/aromatic N) is 4. The third kappa shape index (κ3) is 6.93. The van der Waals surface area contributed by atoms with Crippen molar-refractivity contribution in [3.8, 4) is 17.1 Å². The van der Waals surface area contributed by atoms with Gasteiger partial charge in [-0.3, -0.25) is 4.79 Å². The molecule has 4 bridgehead atoms. The van der Waals surface area contributed by atoms with Gasteiger partial charge in [-0.25, -0.2) is 22.9 Å². The van der Waals surface area contributed by atoms with Crippen molar-refractivity contribution in [2.24, 2.45) is 5.41 Å². The van der Waals surface area contributed by atoms with Gasteiger partial charge >= 0.3 is 6.09 Å². The summed E-state index contributed by atoms with van der Waals surface area (Å²) in [7, 11) is -4.13. The van der Waals surface area contributed by atoms with Crippen molar-refractivity contribution in [2.75, 3.05) is 24.4 Å². The number of benzene rings is 2. The molecule has 250 valence electrons. The van der Waals surface area contributed by atoms with Gasteiger partial charge < -0.3 is 19.3 Å². The Morgan fingerprint density at radius 3 is 2.34 bits per heavy atom. The van der Waals surface area contributed by atoms with Crippen LogP contribution >= 0.6 is 0 Å². The predicted molar refractivity (Wildman–Crippen MR) is 178 cm³/mol. The molecule has 1 atom stereocenters. The summed E-state index contributed by atoms with van der Waals surface area (Å²) in [5.41, 5.74) is 3.13. The summed E-state index contributed by atoms with van der Waals surface area (Å²) in [4.78, 5) is 39.3. The number of rotatable bonds is 2. The summed E-state index contributed by atoms with van der Waals surface area (Å²) in [5.74, 6) is -0.156. The molecule has 1 aliphatic carbocycles. The average molecular weight is 662 g/mol. The average Bonchev–Trinajstić information content (AvgIpc) is 2.97. The molecular formula is C35H43N5O6S. The summed E-state index contributed by atoms with van der Waals surface area (Å²) < 4.78 is 41.5. The van der Waals surface area contributed by atoms with Gasteiger partial charge in [0.1, 0.15) is 11.7 Å². The van der Waals surface area contributed by atoms with Crippen LogP contribution in [0.1, 0.15) is 74.9 Å². The van der Waals surface area contributed by atoms with E-state index in [1.807, 2.05) is 64.6 Å². The van der Waals surface area contributed by atoms with Crippen LogP contribution in [0.2, 0.25) is 0 Å². The second kappa shape index (κ2) is 12.1. The van der Waals surface area contributed by atoms with Gasteiger partial charge in [0.2, 0.25) is 11.8 Å². The number of carbonyl (C=O) groups excluding carboxylic acids is 2. The number of anilines is 1. The zero-order valence-corrected chi connectivity index (χ0v) is 28.7. The molecule has 1 saturated carbocycles. The molecule has 3 aromatic rings. The van der Waals surface area contributed by atoms with Crippen LogP contribution < -0.4 is 9.46 Å². The lowest BCUT2D eigenvalue weighted by atomic mass is 9.60. The van der Waals surface area contributed by atoms with Crippen LogP contribution in [-0.4, -0.2) is 77.6 Å². The highest BCUT2D eigenvalue weighted by Crippen LogP contribution is 2.51. The van der Waals surface area contributed by atoms with Gasteiger partial charge in [0.05, 0.1) is 17.1 Å². The van der Waals surface area contributed by atoms with Gasteiger partial charge in [-0.05, 0) is 102 Å². The third-order valence-corrected chi connectivity index (χ3v) is 10.7. The fourth-order valence-electron chi connectivity index (χ4n) is 7.00. The van der Waals surface area contributed by atoms with E-state index in [0.29, 0.717) is 18.8 Å². The number of aromatic nitrogens is 2. The van der Waals surface area contributed by atoms with Crippen LogP contribution in [0.4, 0.5) is 10.7 Å². The van der Waals surface area contributed by atoms with Crippen molar-refractivity contribution in [1.82, 2.24) is 19.8 Å². The van der Waals surface area contributed by atoms with Crippen LogP contribution in [-0.2, 0) is 14.8 Å². The highest BCUT2D eigenvalue weighted by molar-refractivity contribution is 7.92. The first-order chi connectivity index (χ1) is 22.1. The first-order valence-electron chi connectivity index (χ1n) is 16.2. The lowest BCUT2D eigenvalue weighted by Gasteiger charge is -2.55. The zero-order chi connectivity index (χ0) is 33.7. The van der Waals surface area contributed by atoms with Crippen molar-refractivity contribution >= 4 is 28.0 Å². The molecule has 11 nitrogen and oxygen atoms in total. The van der Waals surface area contributed by atoms with Crippen molar-refractivity contribution in [3.63, 3.8) is 0 Å². The molecule has 0 radical (unpaired) electrons. The highest BCUT2D eigenvalue weighted by atomic mass is 32.2. The van der Waals surface area contributed by atoms with Crippen molar-refractivity contribution < 1.29 is 27.5 Å². The van der Waals surface area contributed by atoms with E-state index in [1.165, 1.54) is 12.1 Å². The number of nitrogens with one attached hydrogen (secondary N) is 1. The molecule has 1 N–H and O–H groups in total. The quantitative estimate of drug-likeness (QED) is 0.356. The van der Waals surface area contributed by atoms with Crippen molar-refractivity contribution in [3.05, 3.63) is 65.2 Å². The Kier molecular flexibility index (Phi) is 8.44. The fourth-order valence-corrected chi connectivity index (χ4v) is 7.98. The van der Waals surface area contributed by atoms with Crippen molar-refractivity contribution in [2.45, 2.75) is 89.9 Å². The molecule has 2 fully saturated rings. The SMILES string of the molecule is Cc1cccc(C)c1-c1cc2nc(n1)NS(=O)(=O)c1cccc(c1)C(=O)N(C1CC3(CCN(C(=O)OC(C)(C)C)CC3)C1)C[C@@H](C)O2. The maximum Gasteiger partial charge on any atom is 0.410 e. The van der Waals surface area contributed by atoms with E-state index < -0.39 is 21.7 Å². The molecule has 1 saturated heterocycles. The molecule has 47 heavy (non-hydrogen) atoms. The van der Waals surface area contributed by atoms with Crippen LogP contribution in [0, 0.1) is 19.3 Å². The topological polar surface area (TPSA) is 131 Å². The first-order valence-corrected chi connectivity index (χ1v) is 17.6. The largest absolute Gasteiger partial charge is 0.473 e. The number of hydrogen-bond acceptors (Lipinski definition) is 8. The first kappa shape index (κ1) is 32.7. The maximum atomic E-state index is 14.1. The molecule has 2 aliphatic heterocycles. The van der Waals surface area contributed by atoms with E-state index >= 15 is 0 Å². The van der Waals surface area contributed by atoms with Gasteiger partial charge in [0.25, 0.3) is 15.9 Å². The van der Waals surface area contributed by atoms with E-state index in [4.69, 9.17) is 9.47 Å². The summed E-state index contributed by atoms with van der Waals surface area (Å²) in [6.45, 7) is 12.9. The molecule has 2 amide bonds. The summed E-state index contributed by atoms with van der Waals surface area (Å²) in [6, 6.07) is 13.6. The normalized spacial score (nSPS) is 21.0. The fraction of sp³-hybridized carbons (Fsp3) is 0.486. The molecule has 1 aromatic heterocycles. The molecule has 1 spiro atoms. The van der Waals surface area contributed by atoms with Gasteiger partial charge in [-0.1, -0.05) is 24.3 Å². The van der Waals surface area contributed by atoms with Gasteiger partial charge in [0, 0.05) is 36.3 Å². The molecule has 3 aliphatic rings. The minimum atomic E-state index is -4.13. The van der Waals surface area contributed by atoms with Gasteiger partial charge in [-0.15, -0.1) is 0 Å². The number of aryl methyl sites for hydroxylation is 2. The van der Waals surface area contributed by atoms with Crippen LogP contribution in [0.5, 0.6) is 5.88 Å². The Bertz CT molecular complexity index is 1780. The molecule has 12 heteroatoms. The number of hydrogen-bond donors (Lipinski definition) is 1. The Balaban J connectivity index is 1.28. The smallest absolute Gasteiger partial charge is 0.410 e. The van der Waals surface area contributed by atoms with E-state index in [0.717, 1.165) is 42.4 Å². The summed E-state index contributed by atoms with van der Waals surface area (Å²) >= 11 is 0. The lowest BCUT2D eigenvalue weighted by molar-refractivity contribution is -0.0459. The molecule has 2 aromatic carbocycles. The van der Waals surface area contributed by atoms with E-state index in [2.05, 4.69) is 14.7 Å². The molecule has 3 heterocycles. The van der Waals surface area contributed by atoms with E-state index in [1.54, 1.807) is 23.1 Å². The molecule has 6 rings (SSSR count).